The van der Waals surface area contributed by atoms with E-state index in [2.05, 4.69) is 41.8 Å². The van der Waals surface area contributed by atoms with Crippen LogP contribution in [0.3, 0.4) is 0 Å². The summed E-state index contributed by atoms with van der Waals surface area (Å²) in [6.07, 6.45) is 6.57. The standard InChI is InChI=1S/C18H22BrN5O/c1-11-7-8-12(17(25)20-2)9-15(11)23-16-14(19)10-21-18(24-16)22-13-5-3-4-6-13/h7-10,13H,3-6H2,1-2H3,(H,20,25)(H2,21,22,23,24). The Morgan fingerprint density at radius 2 is 2.04 bits per heavy atom. The summed E-state index contributed by atoms with van der Waals surface area (Å²) in [5.41, 5.74) is 2.47. The highest BCUT2D eigenvalue weighted by Crippen LogP contribution is 2.28. The molecule has 1 aromatic carbocycles. The first kappa shape index (κ1) is 17.7. The number of rotatable bonds is 5. The fraction of sp³-hybridized carbons (Fsp3) is 0.389. The molecule has 1 fully saturated rings. The summed E-state index contributed by atoms with van der Waals surface area (Å²) in [6.45, 7) is 1.99. The molecule has 25 heavy (non-hydrogen) atoms. The Kier molecular flexibility index (Phi) is 5.53. The van der Waals surface area contributed by atoms with Crippen molar-refractivity contribution in [3.05, 3.63) is 40.0 Å². The van der Waals surface area contributed by atoms with Crippen molar-refractivity contribution in [3.63, 3.8) is 0 Å². The van der Waals surface area contributed by atoms with Crippen molar-refractivity contribution in [3.8, 4) is 0 Å². The molecule has 1 saturated carbocycles. The number of aromatic nitrogens is 2. The Bertz CT molecular complexity index is 774. The van der Waals surface area contributed by atoms with Crippen molar-refractivity contribution >= 4 is 39.3 Å². The van der Waals surface area contributed by atoms with E-state index in [4.69, 9.17) is 0 Å². The maximum Gasteiger partial charge on any atom is 0.251 e. The molecule has 0 aliphatic heterocycles. The molecule has 7 heteroatoms. The molecule has 0 unspecified atom stereocenters. The van der Waals surface area contributed by atoms with Crippen molar-refractivity contribution in [1.29, 1.82) is 0 Å². The van der Waals surface area contributed by atoms with E-state index in [-0.39, 0.29) is 5.91 Å². The Morgan fingerprint density at radius 3 is 2.76 bits per heavy atom. The monoisotopic (exact) mass is 403 g/mol. The van der Waals surface area contributed by atoms with Crippen molar-refractivity contribution in [2.45, 2.75) is 38.6 Å². The molecule has 1 aliphatic rings. The molecule has 6 nitrogen and oxygen atoms in total. The number of halogens is 1. The lowest BCUT2D eigenvalue weighted by Gasteiger charge is -2.15. The highest BCUT2D eigenvalue weighted by atomic mass is 79.9. The molecule has 1 heterocycles. The fourth-order valence-electron chi connectivity index (χ4n) is 2.95. The number of nitrogens with zero attached hydrogens (tertiary/aromatic N) is 2. The largest absolute Gasteiger partial charge is 0.355 e. The summed E-state index contributed by atoms with van der Waals surface area (Å²) >= 11 is 3.49. The molecule has 132 valence electrons. The number of hydrogen-bond acceptors (Lipinski definition) is 5. The molecule has 3 N–H and O–H groups in total. The number of carbonyl (C=O) groups excluding carboxylic acids is 1. The minimum absolute atomic E-state index is 0.117. The first-order chi connectivity index (χ1) is 12.1. The molecule has 1 aliphatic carbocycles. The molecule has 3 rings (SSSR count). The summed E-state index contributed by atoms with van der Waals surface area (Å²) in [6, 6.07) is 6.00. The molecule has 1 aromatic heterocycles. The minimum Gasteiger partial charge on any atom is -0.355 e. The van der Waals surface area contributed by atoms with E-state index in [0.717, 1.165) is 28.6 Å². The lowest BCUT2D eigenvalue weighted by molar-refractivity contribution is 0.0963. The van der Waals surface area contributed by atoms with Crippen molar-refractivity contribution in [1.82, 2.24) is 15.3 Å². The summed E-state index contributed by atoms with van der Waals surface area (Å²) < 4.78 is 0.772. The van der Waals surface area contributed by atoms with Gasteiger partial charge in [0.25, 0.3) is 5.91 Å². The van der Waals surface area contributed by atoms with Crippen LogP contribution in [0.4, 0.5) is 17.5 Å². The van der Waals surface area contributed by atoms with Crippen LogP contribution in [0.1, 0.15) is 41.6 Å². The average molecular weight is 404 g/mol. The molecule has 2 aromatic rings. The minimum atomic E-state index is -0.117. The first-order valence-corrected chi connectivity index (χ1v) is 9.25. The maximum absolute atomic E-state index is 11.9. The molecule has 1 amide bonds. The SMILES string of the molecule is CNC(=O)c1ccc(C)c(Nc2nc(NC3CCCC3)ncc2Br)c1. The van der Waals surface area contributed by atoms with Crippen LogP contribution in [0.25, 0.3) is 0 Å². The zero-order valence-corrected chi connectivity index (χ0v) is 16.0. The van der Waals surface area contributed by atoms with Crippen LogP contribution in [0, 0.1) is 6.92 Å². The van der Waals surface area contributed by atoms with Gasteiger partial charge in [0.15, 0.2) is 0 Å². The number of benzene rings is 1. The third-order valence-electron chi connectivity index (χ3n) is 4.41. The normalized spacial score (nSPS) is 14.4. The highest BCUT2D eigenvalue weighted by molar-refractivity contribution is 9.10. The second-order valence-corrected chi connectivity index (χ2v) is 7.10. The van der Waals surface area contributed by atoms with Gasteiger partial charge in [-0.3, -0.25) is 4.79 Å². The molecular weight excluding hydrogens is 382 g/mol. The Labute approximate surface area is 156 Å². The van der Waals surface area contributed by atoms with Gasteiger partial charge in [0, 0.05) is 30.5 Å². The van der Waals surface area contributed by atoms with Gasteiger partial charge in [0.05, 0.1) is 4.47 Å². The van der Waals surface area contributed by atoms with Crippen LogP contribution >= 0.6 is 15.9 Å². The Balaban J connectivity index is 1.83. The van der Waals surface area contributed by atoms with Gasteiger partial charge < -0.3 is 16.0 Å². The van der Waals surface area contributed by atoms with Crippen LogP contribution in [0.5, 0.6) is 0 Å². The van der Waals surface area contributed by atoms with E-state index in [1.165, 1.54) is 12.8 Å². The summed E-state index contributed by atoms with van der Waals surface area (Å²) in [5.74, 6) is 1.18. The quantitative estimate of drug-likeness (QED) is 0.702. The third kappa shape index (κ3) is 4.28. The van der Waals surface area contributed by atoms with Crippen LogP contribution < -0.4 is 16.0 Å². The topological polar surface area (TPSA) is 78.9 Å². The fourth-order valence-corrected chi connectivity index (χ4v) is 3.24. The molecule has 0 spiro atoms. The maximum atomic E-state index is 11.9. The number of anilines is 3. The Hall–Kier alpha value is -2.15. The van der Waals surface area contributed by atoms with E-state index in [1.54, 1.807) is 19.3 Å². The van der Waals surface area contributed by atoms with E-state index in [9.17, 15) is 4.79 Å². The van der Waals surface area contributed by atoms with E-state index >= 15 is 0 Å². The molecule has 0 atom stereocenters. The molecule has 0 bridgehead atoms. The first-order valence-electron chi connectivity index (χ1n) is 8.45. The van der Waals surface area contributed by atoms with Gasteiger partial charge in [-0.05, 0) is 53.4 Å². The van der Waals surface area contributed by atoms with Gasteiger partial charge >= 0.3 is 0 Å². The number of aryl methyl sites for hydroxylation is 1. The third-order valence-corrected chi connectivity index (χ3v) is 4.99. The number of amides is 1. The predicted octanol–water partition coefficient (Wildman–Crippen LogP) is 4.01. The zero-order chi connectivity index (χ0) is 17.8. The van der Waals surface area contributed by atoms with Gasteiger partial charge in [-0.1, -0.05) is 18.9 Å². The van der Waals surface area contributed by atoms with Crippen molar-refractivity contribution in [2.75, 3.05) is 17.7 Å². The number of hydrogen-bond donors (Lipinski definition) is 3. The second kappa shape index (κ2) is 7.82. The van der Waals surface area contributed by atoms with Crippen LogP contribution in [0.2, 0.25) is 0 Å². The van der Waals surface area contributed by atoms with Gasteiger partial charge in [0.2, 0.25) is 5.95 Å². The van der Waals surface area contributed by atoms with Crippen LogP contribution in [0.15, 0.2) is 28.9 Å². The lowest BCUT2D eigenvalue weighted by atomic mass is 10.1. The molecular formula is C18H22BrN5O. The van der Waals surface area contributed by atoms with E-state index in [1.807, 2.05) is 19.1 Å². The number of nitrogens with one attached hydrogen (secondary N) is 3. The second-order valence-electron chi connectivity index (χ2n) is 6.25. The van der Waals surface area contributed by atoms with Gasteiger partial charge in [-0.25, -0.2) is 4.98 Å². The van der Waals surface area contributed by atoms with E-state index in [0.29, 0.717) is 23.4 Å². The molecule has 0 radical (unpaired) electrons. The summed E-state index contributed by atoms with van der Waals surface area (Å²) in [5, 5.41) is 9.35. The van der Waals surface area contributed by atoms with E-state index < -0.39 is 0 Å². The summed E-state index contributed by atoms with van der Waals surface area (Å²) in [7, 11) is 1.62. The molecule has 0 saturated heterocycles. The van der Waals surface area contributed by atoms with Gasteiger partial charge in [-0.15, -0.1) is 0 Å². The lowest BCUT2D eigenvalue weighted by Crippen LogP contribution is -2.18. The number of carbonyl (C=O) groups is 1. The highest BCUT2D eigenvalue weighted by Gasteiger charge is 2.16. The van der Waals surface area contributed by atoms with Crippen LogP contribution in [-0.2, 0) is 0 Å². The Morgan fingerprint density at radius 1 is 1.28 bits per heavy atom. The van der Waals surface area contributed by atoms with Crippen LogP contribution in [-0.4, -0.2) is 29.0 Å². The van der Waals surface area contributed by atoms with Gasteiger partial charge in [-0.2, -0.15) is 4.98 Å². The smallest absolute Gasteiger partial charge is 0.251 e. The average Bonchev–Trinajstić information content (AvgIpc) is 3.12. The van der Waals surface area contributed by atoms with Crippen molar-refractivity contribution < 1.29 is 4.79 Å². The van der Waals surface area contributed by atoms with Gasteiger partial charge in [0.1, 0.15) is 5.82 Å². The summed E-state index contributed by atoms with van der Waals surface area (Å²) in [4.78, 5) is 20.8. The van der Waals surface area contributed by atoms with Crippen molar-refractivity contribution in [2.24, 2.45) is 0 Å². The zero-order valence-electron chi connectivity index (χ0n) is 14.4. The predicted molar refractivity (Wildman–Crippen MR) is 103 cm³/mol.